The Morgan fingerprint density at radius 1 is 1.10 bits per heavy atom. The summed E-state index contributed by atoms with van der Waals surface area (Å²) in [5.41, 5.74) is 6.08. The first kappa shape index (κ1) is 11.9. The highest BCUT2D eigenvalue weighted by atomic mass is 16.1. The number of aryl methyl sites for hydroxylation is 1. The lowest BCUT2D eigenvalue weighted by Crippen LogP contribution is -2.36. The van der Waals surface area contributed by atoms with Crippen molar-refractivity contribution in [3.05, 3.63) is 59.2 Å². The van der Waals surface area contributed by atoms with Crippen molar-refractivity contribution in [3.8, 4) is 11.1 Å². The van der Waals surface area contributed by atoms with Gasteiger partial charge in [-0.05, 0) is 42.5 Å². The molecule has 0 heterocycles. The molecule has 4 rings (SSSR count). The van der Waals surface area contributed by atoms with Gasteiger partial charge in [-0.3, -0.25) is 4.79 Å². The van der Waals surface area contributed by atoms with E-state index in [2.05, 4.69) is 56.3 Å². The van der Waals surface area contributed by atoms with Crippen LogP contribution in [0.3, 0.4) is 0 Å². The number of carbonyl (C=O) groups excluding carboxylic acids is 1. The first-order valence-electron chi connectivity index (χ1n) is 7.36. The van der Waals surface area contributed by atoms with Gasteiger partial charge < -0.3 is 0 Å². The van der Waals surface area contributed by atoms with Gasteiger partial charge in [0.15, 0.2) is 0 Å². The molecular weight excluding hydrogens is 244 g/mol. The van der Waals surface area contributed by atoms with Gasteiger partial charge in [0, 0.05) is 12.3 Å². The zero-order chi connectivity index (χ0) is 13.9. The van der Waals surface area contributed by atoms with Crippen LogP contribution in [0.5, 0.6) is 0 Å². The van der Waals surface area contributed by atoms with Gasteiger partial charge in [0.2, 0.25) is 0 Å². The molecule has 0 aliphatic heterocycles. The number of fused-ring (bicyclic) bond motifs is 6. The number of hydrogen-bond acceptors (Lipinski definition) is 1. The molecule has 0 saturated heterocycles. The number of rotatable bonds is 0. The summed E-state index contributed by atoms with van der Waals surface area (Å²) in [6.07, 6.45) is 1.70. The highest BCUT2D eigenvalue weighted by molar-refractivity contribution is 5.98. The van der Waals surface area contributed by atoms with E-state index in [-0.39, 0.29) is 5.41 Å². The van der Waals surface area contributed by atoms with E-state index in [4.69, 9.17) is 0 Å². The molecule has 0 bridgehead atoms. The average molecular weight is 262 g/mol. The zero-order valence-electron chi connectivity index (χ0n) is 11.9. The van der Waals surface area contributed by atoms with Crippen LogP contribution in [0, 0.1) is 6.92 Å². The number of carbonyl (C=O) groups is 1. The summed E-state index contributed by atoms with van der Waals surface area (Å²) in [5.74, 6) is 0.754. The quantitative estimate of drug-likeness (QED) is 0.688. The highest BCUT2D eigenvalue weighted by Crippen LogP contribution is 2.56. The molecule has 2 aromatic carbocycles. The average Bonchev–Trinajstić information content (AvgIpc) is 2.77. The summed E-state index contributed by atoms with van der Waals surface area (Å²) in [6, 6.07) is 15.2. The molecule has 2 aliphatic rings. The highest BCUT2D eigenvalue weighted by Gasteiger charge is 2.51. The van der Waals surface area contributed by atoms with Gasteiger partial charge in [-0.1, -0.05) is 48.0 Å². The first-order chi connectivity index (χ1) is 9.62. The van der Waals surface area contributed by atoms with Crippen LogP contribution in [0.15, 0.2) is 42.5 Å². The molecule has 0 radical (unpaired) electrons. The molecule has 1 nitrogen and oxygen atoms in total. The maximum atomic E-state index is 12.6. The van der Waals surface area contributed by atoms with Gasteiger partial charge in [0.25, 0.3) is 0 Å². The lowest BCUT2D eigenvalue weighted by molar-refractivity contribution is -0.121. The number of benzene rings is 2. The molecule has 1 heteroatoms. The molecule has 2 aromatic rings. The Labute approximate surface area is 119 Å². The first-order valence-corrected chi connectivity index (χ1v) is 7.36. The Balaban J connectivity index is 2.11. The van der Waals surface area contributed by atoms with Crippen LogP contribution in [0.4, 0.5) is 0 Å². The van der Waals surface area contributed by atoms with E-state index in [0.29, 0.717) is 18.1 Å². The van der Waals surface area contributed by atoms with Crippen LogP contribution in [0.1, 0.15) is 42.4 Å². The van der Waals surface area contributed by atoms with Crippen LogP contribution < -0.4 is 0 Å². The van der Waals surface area contributed by atoms with Crippen LogP contribution in [0.2, 0.25) is 0 Å². The topological polar surface area (TPSA) is 17.1 Å². The van der Waals surface area contributed by atoms with Gasteiger partial charge in [0.05, 0.1) is 5.41 Å². The Morgan fingerprint density at radius 3 is 2.75 bits per heavy atom. The summed E-state index contributed by atoms with van der Waals surface area (Å²) in [4.78, 5) is 12.6. The van der Waals surface area contributed by atoms with Gasteiger partial charge in [-0.2, -0.15) is 0 Å². The third-order valence-electron chi connectivity index (χ3n) is 5.30. The number of ketones is 1. The molecule has 20 heavy (non-hydrogen) atoms. The second kappa shape index (κ2) is 3.82. The monoisotopic (exact) mass is 262 g/mol. The fourth-order valence-electron chi connectivity index (χ4n) is 4.19. The Hall–Kier alpha value is -1.89. The van der Waals surface area contributed by atoms with Crippen LogP contribution in [0.25, 0.3) is 11.1 Å². The predicted octanol–water partition coefficient (Wildman–Crippen LogP) is 4.38. The normalized spacial score (nSPS) is 26.9. The second-order valence-electron chi connectivity index (χ2n) is 6.35. The lowest BCUT2D eigenvalue weighted by Gasteiger charge is -2.38. The standard InChI is InChI=1S/C19H18O/c1-12-7-8-15-13-5-3-4-6-14(13)16-9-10-18(20)19(16,2)17(15)11-12/h3-8,11,16H,9-10H2,1-2H3/t16-,19+/m1/s1. The van der Waals surface area contributed by atoms with Crippen LogP contribution in [-0.2, 0) is 10.2 Å². The van der Waals surface area contributed by atoms with Crippen molar-refractivity contribution >= 4 is 5.78 Å². The fourth-order valence-corrected chi connectivity index (χ4v) is 4.19. The molecular formula is C19H18O. The summed E-state index contributed by atoms with van der Waals surface area (Å²) >= 11 is 0. The van der Waals surface area contributed by atoms with E-state index in [1.54, 1.807) is 0 Å². The maximum absolute atomic E-state index is 12.6. The third-order valence-corrected chi connectivity index (χ3v) is 5.30. The maximum Gasteiger partial charge on any atom is 0.143 e. The molecule has 2 aliphatic carbocycles. The van der Waals surface area contributed by atoms with Crippen molar-refractivity contribution in [2.24, 2.45) is 0 Å². The molecule has 0 aromatic heterocycles. The minimum absolute atomic E-state index is 0.324. The predicted molar refractivity (Wildman–Crippen MR) is 80.9 cm³/mol. The molecule has 0 spiro atoms. The van der Waals surface area contributed by atoms with Crippen molar-refractivity contribution in [2.75, 3.05) is 0 Å². The molecule has 1 saturated carbocycles. The van der Waals surface area contributed by atoms with E-state index < -0.39 is 0 Å². The van der Waals surface area contributed by atoms with Crippen molar-refractivity contribution < 1.29 is 4.79 Å². The van der Waals surface area contributed by atoms with E-state index in [9.17, 15) is 4.79 Å². The van der Waals surface area contributed by atoms with Crippen molar-refractivity contribution in [3.63, 3.8) is 0 Å². The van der Waals surface area contributed by atoms with E-state index in [0.717, 1.165) is 6.42 Å². The Kier molecular flexibility index (Phi) is 2.27. The van der Waals surface area contributed by atoms with E-state index in [1.165, 1.54) is 27.8 Å². The van der Waals surface area contributed by atoms with Gasteiger partial charge in [0.1, 0.15) is 5.78 Å². The summed E-state index contributed by atoms with van der Waals surface area (Å²) in [6.45, 7) is 4.26. The Bertz CT molecular complexity index is 728. The van der Waals surface area contributed by atoms with Gasteiger partial charge >= 0.3 is 0 Å². The van der Waals surface area contributed by atoms with Crippen molar-refractivity contribution in [1.82, 2.24) is 0 Å². The fraction of sp³-hybridized carbons (Fsp3) is 0.316. The minimum Gasteiger partial charge on any atom is -0.299 e. The molecule has 100 valence electrons. The van der Waals surface area contributed by atoms with E-state index in [1.807, 2.05) is 0 Å². The summed E-state index contributed by atoms with van der Waals surface area (Å²) in [7, 11) is 0. The van der Waals surface area contributed by atoms with Gasteiger partial charge in [-0.25, -0.2) is 0 Å². The lowest BCUT2D eigenvalue weighted by atomic mass is 9.63. The van der Waals surface area contributed by atoms with Crippen LogP contribution >= 0.6 is 0 Å². The number of Topliss-reactive ketones (excluding diaryl/α,β-unsaturated/α-hetero) is 1. The van der Waals surface area contributed by atoms with Crippen molar-refractivity contribution in [2.45, 2.75) is 38.0 Å². The summed E-state index contributed by atoms with van der Waals surface area (Å²) in [5, 5.41) is 0. The zero-order valence-corrected chi connectivity index (χ0v) is 11.9. The number of hydrogen-bond donors (Lipinski definition) is 0. The SMILES string of the molecule is Cc1ccc2c(c1)[C@@]1(C)C(=O)CC[C@@H]1c1ccccc1-2. The molecule has 1 fully saturated rings. The minimum atomic E-state index is -0.324. The summed E-state index contributed by atoms with van der Waals surface area (Å²) < 4.78 is 0. The van der Waals surface area contributed by atoms with Gasteiger partial charge in [-0.15, -0.1) is 0 Å². The smallest absolute Gasteiger partial charge is 0.143 e. The molecule has 0 unspecified atom stereocenters. The molecule has 0 N–H and O–H groups in total. The molecule has 2 atom stereocenters. The van der Waals surface area contributed by atoms with Crippen molar-refractivity contribution in [1.29, 1.82) is 0 Å². The third kappa shape index (κ3) is 1.30. The van der Waals surface area contributed by atoms with E-state index >= 15 is 0 Å². The second-order valence-corrected chi connectivity index (χ2v) is 6.35. The molecule has 0 amide bonds. The Morgan fingerprint density at radius 2 is 1.90 bits per heavy atom. The van der Waals surface area contributed by atoms with Crippen LogP contribution in [-0.4, -0.2) is 5.78 Å². The largest absolute Gasteiger partial charge is 0.299 e.